The highest BCUT2D eigenvalue weighted by molar-refractivity contribution is 6.29. The average Bonchev–Trinajstić information content (AvgIpc) is 3.32. The van der Waals surface area contributed by atoms with Crippen molar-refractivity contribution in [1.29, 1.82) is 5.26 Å². The molecule has 2 fully saturated rings. The number of carbonyl (C=O) groups is 1. The molecule has 1 aromatic carbocycles. The van der Waals surface area contributed by atoms with Crippen LogP contribution in [0.2, 0.25) is 5.15 Å². The van der Waals surface area contributed by atoms with Crippen LogP contribution in [0.1, 0.15) is 59.5 Å². The highest BCUT2D eigenvalue weighted by atomic mass is 35.5. The minimum atomic E-state index is -1.17. The van der Waals surface area contributed by atoms with E-state index < -0.39 is 5.97 Å². The quantitative estimate of drug-likeness (QED) is 0.472. The van der Waals surface area contributed by atoms with Crippen molar-refractivity contribution in [2.24, 2.45) is 5.41 Å². The number of pyridine rings is 1. The third kappa shape index (κ3) is 4.54. The molecule has 2 aromatic heterocycles. The molecule has 2 N–H and O–H groups in total. The van der Waals surface area contributed by atoms with E-state index in [9.17, 15) is 15.2 Å². The Kier molecular flexibility index (Phi) is 6.41. The predicted octanol–water partition coefficient (Wildman–Crippen LogP) is 4.74. The van der Waals surface area contributed by atoms with Crippen LogP contribution < -0.4 is 10.2 Å². The number of benzene rings is 1. The van der Waals surface area contributed by atoms with Gasteiger partial charge in [0.1, 0.15) is 11.2 Å². The van der Waals surface area contributed by atoms with Gasteiger partial charge in [-0.15, -0.1) is 0 Å². The summed E-state index contributed by atoms with van der Waals surface area (Å²) < 4.78 is 5.66. The lowest BCUT2D eigenvalue weighted by Gasteiger charge is -2.39. The van der Waals surface area contributed by atoms with Crippen LogP contribution in [0.15, 0.2) is 24.3 Å². The number of carboxylic acids is 1. The summed E-state index contributed by atoms with van der Waals surface area (Å²) in [6.45, 7) is 7.10. The number of fused-ring (bicyclic) bond motifs is 1. The van der Waals surface area contributed by atoms with Crippen LogP contribution >= 0.6 is 11.6 Å². The molecule has 0 bridgehead atoms. The second kappa shape index (κ2) is 9.52. The summed E-state index contributed by atoms with van der Waals surface area (Å²) in [7, 11) is 0. The smallest absolute Gasteiger partial charge is 0.356 e. The van der Waals surface area contributed by atoms with E-state index in [1.165, 1.54) is 0 Å². The molecule has 0 amide bonds. The summed E-state index contributed by atoms with van der Waals surface area (Å²) in [5.41, 5.74) is 3.88. The van der Waals surface area contributed by atoms with E-state index in [4.69, 9.17) is 21.3 Å². The molecule has 10 heteroatoms. The Balaban J connectivity index is 1.51. The van der Waals surface area contributed by atoms with E-state index >= 15 is 0 Å². The van der Waals surface area contributed by atoms with Crippen molar-refractivity contribution in [3.63, 3.8) is 0 Å². The number of rotatable bonds is 5. The summed E-state index contributed by atoms with van der Waals surface area (Å²) >= 11 is 5.91. The number of hydrogen-bond donors (Lipinski definition) is 2. The maximum absolute atomic E-state index is 11.7. The first-order valence-electron chi connectivity index (χ1n) is 12.0. The molecular weight excluding hydrogens is 480 g/mol. The highest BCUT2D eigenvalue weighted by Crippen LogP contribution is 2.40. The van der Waals surface area contributed by atoms with Crippen molar-refractivity contribution < 1.29 is 14.6 Å². The molecule has 1 spiro atoms. The van der Waals surface area contributed by atoms with Gasteiger partial charge in [-0.2, -0.15) is 5.26 Å². The Labute approximate surface area is 214 Å². The molecule has 0 radical (unpaired) electrons. The minimum absolute atomic E-state index is 0.110. The molecule has 2 aliphatic heterocycles. The van der Waals surface area contributed by atoms with E-state index in [1.54, 1.807) is 12.1 Å². The Bertz CT molecular complexity index is 1370. The molecule has 0 aliphatic carbocycles. The number of hydrogen-bond acceptors (Lipinski definition) is 8. The van der Waals surface area contributed by atoms with E-state index in [1.807, 2.05) is 26.0 Å². The van der Waals surface area contributed by atoms with Gasteiger partial charge in [0.2, 0.25) is 0 Å². The number of nitriles is 1. The molecule has 0 unspecified atom stereocenters. The van der Waals surface area contributed by atoms with Crippen LogP contribution in [0.5, 0.6) is 0 Å². The number of carboxylic acid groups (broad SMARTS) is 1. The zero-order chi connectivity index (χ0) is 25.4. The van der Waals surface area contributed by atoms with Gasteiger partial charge < -0.3 is 20.1 Å². The van der Waals surface area contributed by atoms with Crippen molar-refractivity contribution in [2.75, 3.05) is 36.5 Å². The van der Waals surface area contributed by atoms with Crippen LogP contribution in [0.3, 0.4) is 0 Å². The molecule has 3 aromatic rings. The molecule has 1 atom stereocenters. The topological polar surface area (TPSA) is 124 Å². The van der Waals surface area contributed by atoms with E-state index in [0.29, 0.717) is 28.2 Å². The maximum Gasteiger partial charge on any atom is 0.356 e. The van der Waals surface area contributed by atoms with Gasteiger partial charge in [-0.25, -0.2) is 19.7 Å². The average molecular weight is 507 g/mol. The van der Waals surface area contributed by atoms with Gasteiger partial charge in [-0.05, 0) is 62.3 Å². The van der Waals surface area contributed by atoms with Gasteiger partial charge in [-0.3, -0.25) is 0 Å². The standard InChI is InChI=1S/C26H27ClN6O3/c1-15-11-17(16(2)29-18-3-4-21(27)31-23(18)25(34)35)22-19(12-15)30-20(13-28)24(32-22)33-8-5-26(6-9-33)7-10-36-14-26/h3-4,11-12,16,29H,5-10,14H2,1-2H3,(H,34,35)/t16-/m1/s1. The summed E-state index contributed by atoms with van der Waals surface area (Å²) in [4.78, 5) is 27.5. The van der Waals surface area contributed by atoms with Crippen molar-refractivity contribution in [2.45, 2.75) is 39.2 Å². The molecule has 9 nitrogen and oxygen atoms in total. The molecule has 36 heavy (non-hydrogen) atoms. The molecule has 4 heterocycles. The third-order valence-corrected chi connectivity index (χ3v) is 7.45. The Hall–Kier alpha value is -3.48. The van der Waals surface area contributed by atoms with Crippen LogP contribution in [-0.2, 0) is 4.74 Å². The van der Waals surface area contributed by atoms with Crippen LogP contribution in [0.4, 0.5) is 11.5 Å². The monoisotopic (exact) mass is 506 g/mol. The van der Waals surface area contributed by atoms with Crippen LogP contribution in [0, 0.1) is 23.7 Å². The third-order valence-electron chi connectivity index (χ3n) is 7.24. The lowest BCUT2D eigenvalue weighted by Crippen LogP contribution is -2.41. The van der Waals surface area contributed by atoms with Gasteiger partial charge in [-0.1, -0.05) is 17.7 Å². The first-order chi connectivity index (χ1) is 17.3. The van der Waals surface area contributed by atoms with Gasteiger partial charge in [0.05, 0.1) is 29.4 Å². The van der Waals surface area contributed by atoms with E-state index in [-0.39, 0.29) is 22.3 Å². The number of aromatic nitrogens is 3. The number of anilines is 2. The van der Waals surface area contributed by atoms with Crippen molar-refractivity contribution in [1.82, 2.24) is 15.0 Å². The number of nitrogens with zero attached hydrogens (tertiary/aromatic N) is 5. The second-order valence-electron chi connectivity index (χ2n) is 9.72. The number of aromatic carboxylic acids is 1. The van der Waals surface area contributed by atoms with Crippen molar-refractivity contribution in [3.05, 3.63) is 51.9 Å². The first kappa shape index (κ1) is 24.2. The van der Waals surface area contributed by atoms with Crippen molar-refractivity contribution in [3.8, 4) is 6.07 Å². The first-order valence-corrected chi connectivity index (χ1v) is 12.4. The number of piperidine rings is 1. The molecule has 0 saturated carbocycles. The van der Waals surface area contributed by atoms with Gasteiger partial charge >= 0.3 is 5.97 Å². The zero-order valence-electron chi connectivity index (χ0n) is 20.2. The fourth-order valence-electron chi connectivity index (χ4n) is 5.21. The Morgan fingerprint density at radius 2 is 2.03 bits per heavy atom. The Morgan fingerprint density at radius 3 is 2.69 bits per heavy atom. The summed E-state index contributed by atoms with van der Waals surface area (Å²) in [5, 5.41) is 22.8. The highest BCUT2D eigenvalue weighted by Gasteiger charge is 2.39. The molecule has 186 valence electrons. The lowest BCUT2D eigenvalue weighted by molar-refractivity contribution is 0.0691. The van der Waals surface area contributed by atoms with Crippen LogP contribution in [0.25, 0.3) is 11.0 Å². The number of ether oxygens (including phenoxy) is 1. The number of nitrogens with one attached hydrogen (secondary N) is 1. The van der Waals surface area contributed by atoms with Gasteiger partial charge in [0, 0.05) is 25.3 Å². The van der Waals surface area contributed by atoms with Crippen LogP contribution in [-0.4, -0.2) is 52.3 Å². The maximum atomic E-state index is 11.7. The molecule has 2 aliphatic rings. The zero-order valence-corrected chi connectivity index (χ0v) is 21.0. The normalized spacial score (nSPS) is 17.8. The molecule has 5 rings (SSSR count). The van der Waals surface area contributed by atoms with Gasteiger partial charge in [0.25, 0.3) is 0 Å². The summed E-state index contributed by atoms with van der Waals surface area (Å²) in [6, 6.07) is 9.00. The lowest BCUT2D eigenvalue weighted by atomic mass is 9.78. The van der Waals surface area contributed by atoms with Crippen molar-refractivity contribution >= 4 is 40.1 Å². The number of aryl methyl sites for hydroxylation is 1. The summed E-state index contributed by atoms with van der Waals surface area (Å²) in [5.74, 6) is -0.576. The predicted molar refractivity (Wildman–Crippen MR) is 137 cm³/mol. The van der Waals surface area contributed by atoms with Gasteiger partial charge in [0.15, 0.2) is 17.2 Å². The van der Waals surface area contributed by atoms with E-state index in [0.717, 1.165) is 56.7 Å². The minimum Gasteiger partial charge on any atom is -0.476 e. The molecular formula is C26H27ClN6O3. The summed E-state index contributed by atoms with van der Waals surface area (Å²) in [6.07, 6.45) is 3.08. The van der Waals surface area contributed by atoms with E-state index in [2.05, 4.69) is 26.3 Å². The SMILES string of the molecule is Cc1cc([C@@H](C)Nc2ccc(Cl)nc2C(=O)O)c2nc(N3CCC4(CCOC4)CC3)c(C#N)nc2c1. The fourth-order valence-corrected chi connectivity index (χ4v) is 5.36. The Morgan fingerprint density at radius 1 is 1.25 bits per heavy atom. The second-order valence-corrected chi connectivity index (χ2v) is 10.1. The fraction of sp³-hybridized carbons (Fsp3) is 0.423. The molecule has 2 saturated heterocycles. The largest absolute Gasteiger partial charge is 0.476 e. The number of halogens is 1.